The van der Waals surface area contributed by atoms with E-state index in [-0.39, 0.29) is 29.3 Å². The fourth-order valence-corrected chi connectivity index (χ4v) is 6.20. The molecule has 2 heterocycles. The summed E-state index contributed by atoms with van der Waals surface area (Å²) in [7, 11) is 0. The minimum atomic E-state index is -0.536. The van der Waals surface area contributed by atoms with Gasteiger partial charge in [0.05, 0.1) is 18.3 Å². The van der Waals surface area contributed by atoms with Crippen molar-refractivity contribution in [2.45, 2.75) is 89.3 Å². The second-order valence-corrected chi connectivity index (χ2v) is 8.82. The first kappa shape index (κ1) is 18.2. The molecule has 0 spiro atoms. The first-order chi connectivity index (χ1) is 12.4. The Kier molecular flexibility index (Phi) is 4.53. The molecule has 0 amide bonds. The Balaban J connectivity index is 1.84. The highest BCUT2D eigenvalue weighted by Gasteiger charge is 2.72. The van der Waals surface area contributed by atoms with E-state index in [1.54, 1.807) is 0 Å². The van der Waals surface area contributed by atoms with Crippen LogP contribution in [-0.2, 0) is 9.47 Å². The normalized spacial score (nSPS) is 40.1. The Labute approximate surface area is 157 Å². The lowest BCUT2D eigenvalue weighted by Gasteiger charge is -2.46. The number of hydrogen-bond acceptors (Lipinski definition) is 3. The average Bonchev–Trinajstić information content (AvgIpc) is 3.03. The SMILES string of the molecule is C=CC[C@H]1C[C@@]23CCCC[C@]2(O1)[C@@H]([C@H](C)O)O[C@H]3c1cc(C)cc(C)c1. The van der Waals surface area contributed by atoms with Gasteiger partial charge in [-0.25, -0.2) is 0 Å². The van der Waals surface area contributed by atoms with E-state index in [2.05, 4.69) is 38.6 Å². The van der Waals surface area contributed by atoms with Crippen LogP contribution in [0.5, 0.6) is 0 Å². The van der Waals surface area contributed by atoms with Gasteiger partial charge in [0.25, 0.3) is 0 Å². The van der Waals surface area contributed by atoms with Crippen LogP contribution in [0.3, 0.4) is 0 Å². The lowest BCUT2D eigenvalue weighted by Crippen LogP contribution is -2.54. The van der Waals surface area contributed by atoms with E-state index >= 15 is 0 Å². The standard InChI is InChI=1S/C23H32O3/c1-5-8-19-14-22-9-6-7-10-23(22,26-19)20(17(4)24)25-21(22)18-12-15(2)11-16(3)13-18/h5,11-13,17,19-21,24H,1,6-10,14H2,2-4H3/t17-,19-,20+,21-,22+,23-/m0/s1. The highest BCUT2D eigenvalue weighted by molar-refractivity contribution is 5.35. The molecule has 3 fully saturated rings. The van der Waals surface area contributed by atoms with Crippen LogP contribution in [0.4, 0.5) is 0 Å². The van der Waals surface area contributed by atoms with Crippen LogP contribution in [0.2, 0.25) is 0 Å². The number of hydrogen-bond donors (Lipinski definition) is 1. The van der Waals surface area contributed by atoms with E-state index < -0.39 is 6.10 Å². The molecule has 4 rings (SSSR count). The summed E-state index contributed by atoms with van der Waals surface area (Å²) in [6.07, 6.45) is 7.68. The van der Waals surface area contributed by atoms with Gasteiger partial charge < -0.3 is 14.6 Å². The van der Waals surface area contributed by atoms with Gasteiger partial charge in [0, 0.05) is 5.41 Å². The van der Waals surface area contributed by atoms with Crippen molar-refractivity contribution in [3.05, 3.63) is 47.5 Å². The number of benzene rings is 1. The van der Waals surface area contributed by atoms with E-state index in [0.29, 0.717) is 0 Å². The summed E-state index contributed by atoms with van der Waals surface area (Å²) in [5, 5.41) is 10.6. The van der Waals surface area contributed by atoms with Crippen molar-refractivity contribution in [3.63, 3.8) is 0 Å². The van der Waals surface area contributed by atoms with Gasteiger partial charge >= 0.3 is 0 Å². The second-order valence-electron chi connectivity index (χ2n) is 8.82. The van der Waals surface area contributed by atoms with Gasteiger partial charge in [-0.2, -0.15) is 0 Å². The molecule has 3 aliphatic rings. The molecule has 0 radical (unpaired) electrons. The van der Waals surface area contributed by atoms with Crippen LogP contribution >= 0.6 is 0 Å². The molecule has 1 aromatic carbocycles. The molecule has 26 heavy (non-hydrogen) atoms. The fraction of sp³-hybridized carbons (Fsp3) is 0.652. The summed E-state index contributed by atoms with van der Waals surface area (Å²) in [6.45, 7) is 10.1. The molecule has 0 unspecified atom stereocenters. The lowest BCUT2D eigenvalue weighted by molar-refractivity contribution is -0.152. The quantitative estimate of drug-likeness (QED) is 0.789. The number of rotatable bonds is 4. The van der Waals surface area contributed by atoms with Gasteiger partial charge in [0.1, 0.15) is 11.7 Å². The number of aliphatic hydroxyl groups excluding tert-OH is 1. The van der Waals surface area contributed by atoms with Gasteiger partial charge in [0.2, 0.25) is 0 Å². The summed E-state index contributed by atoms with van der Waals surface area (Å²) in [6, 6.07) is 6.73. The van der Waals surface area contributed by atoms with Crippen molar-refractivity contribution in [1.82, 2.24) is 0 Å². The van der Waals surface area contributed by atoms with Gasteiger partial charge in [-0.1, -0.05) is 48.2 Å². The molecule has 1 N–H and O–H groups in total. The molecule has 2 saturated heterocycles. The van der Waals surface area contributed by atoms with E-state index in [4.69, 9.17) is 9.47 Å². The molecule has 3 nitrogen and oxygen atoms in total. The molecule has 1 aromatic rings. The van der Waals surface area contributed by atoms with Crippen molar-refractivity contribution in [1.29, 1.82) is 0 Å². The summed E-state index contributed by atoms with van der Waals surface area (Å²) in [5.41, 5.74) is 3.38. The molecule has 0 aromatic heterocycles. The van der Waals surface area contributed by atoms with Gasteiger partial charge in [-0.3, -0.25) is 0 Å². The third-order valence-corrected chi connectivity index (χ3v) is 6.89. The molecule has 0 bridgehead atoms. The maximum atomic E-state index is 10.6. The third-order valence-electron chi connectivity index (χ3n) is 6.89. The average molecular weight is 357 g/mol. The van der Waals surface area contributed by atoms with Gasteiger partial charge in [-0.05, 0) is 52.0 Å². The van der Waals surface area contributed by atoms with E-state index in [9.17, 15) is 5.11 Å². The summed E-state index contributed by atoms with van der Waals surface area (Å²) in [5.74, 6) is 0. The highest BCUT2D eigenvalue weighted by Crippen LogP contribution is 2.69. The van der Waals surface area contributed by atoms with Crippen LogP contribution in [0.25, 0.3) is 0 Å². The first-order valence-corrected chi connectivity index (χ1v) is 10.1. The summed E-state index contributed by atoms with van der Waals surface area (Å²) >= 11 is 0. The monoisotopic (exact) mass is 356 g/mol. The Morgan fingerprint density at radius 1 is 1.23 bits per heavy atom. The molecule has 6 atom stereocenters. The Morgan fingerprint density at radius 3 is 2.58 bits per heavy atom. The second kappa shape index (κ2) is 6.47. The van der Waals surface area contributed by atoms with Crippen molar-refractivity contribution in [2.24, 2.45) is 5.41 Å². The first-order valence-electron chi connectivity index (χ1n) is 10.1. The van der Waals surface area contributed by atoms with Crippen LogP contribution in [0, 0.1) is 19.3 Å². The minimum Gasteiger partial charge on any atom is -0.391 e. The zero-order valence-corrected chi connectivity index (χ0v) is 16.3. The van der Waals surface area contributed by atoms with Gasteiger partial charge in [0.15, 0.2) is 0 Å². The molecule has 2 aliphatic heterocycles. The zero-order valence-electron chi connectivity index (χ0n) is 16.3. The van der Waals surface area contributed by atoms with Crippen molar-refractivity contribution < 1.29 is 14.6 Å². The summed E-state index contributed by atoms with van der Waals surface area (Å²) < 4.78 is 13.4. The molecule has 3 heteroatoms. The van der Waals surface area contributed by atoms with Crippen molar-refractivity contribution >= 4 is 0 Å². The Bertz CT molecular complexity index is 676. The van der Waals surface area contributed by atoms with Crippen molar-refractivity contribution in [3.8, 4) is 0 Å². The highest BCUT2D eigenvalue weighted by atomic mass is 16.6. The molecular weight excluding hydrogens is 324 g/mol. The van der Waals surface area contributed by atoms with E-state index in [1.807, 2.05) is 13.0 Å². The Hall–Kier alpha value is -1.16. The molecule has 142 valence electrons. The summed E-state index contributed by atoms with van der Waals surface area (Å²) in [4.78, 5) is 0. The number of ether oxygens (including phenoxy) is 2. The minimum absolute atomic E-state index is 0.00387. The number of aryl methyl sites for hydroxylation is 2. The van der Waals surface area contributed by atoms with Crippen molar-refractivity contribution in [2.75, 3.05) is 0 Å². The third kappa shape index (κ3) is 2.51. The van der Waals surface area contributed by atoms with Crippen LogP contribution in [-0.4, -0.2) is 29.0 Å². The zero-order chi connectivity index (χ0) is 18.5. The molecular formula is C23H32O3. The maximum absolute atomic E-state index is 10.6. The van der Waals surface area contributed by atoms with Crippen LogP contribution in [0.1, 0.15) is 68.2 Å². The Morgan fingerprint density at radius 2 is 1.92 bits per heavy atom. The topological polar surface area (TPSA) is 38.7 Å². The predicted molar refractivity (Wildman–Crippen MR) is 103 cm³/mol. The van der Waals surface area contributed by atoms with E-state index in [0.717, 1.165) is 32.1 Å². The molecule has 1 saturated carbocycles. The largest absolute Gasteiger partial charge is 0.391 e. The van der Waals surface area contributed by atoms with Crippen LogP contribution in [0.15, 0.2) is 30.9 Å². The smallest absolute Gasteiger partial charge is 0.113 e. The number of aliphatic hydroxyl groups is 1. The van der Waals surface area contributed by atoms with E-state index in [1.165, 1.54) is 23.1 Å². The van der Waals surface area contributed by atoms with Gasteiger partial charge in [-0.15, -0.1) is 6.58 Å². The fourth-order valence-electron chi connectivity index (χ4n) is 6.20. The maximum Gasteiger partial charge on any atom is 0.113 e. The van der Waals surface area contributed by atoms with Crippen LogP contribution < -0.4 is 0 Å². The lowest BCUT2D eigenvalue weighted by atomic mass is 9.58. The predicted octanol–water partition coefficient (Wildman–Crippen LogP) is 4.79. The molecule has 1 aliphatic carbocycles.